The van der Waals surface area contributed by atoms with Crippen LogP contribution in [0.5, 0.6) is 0 Å². The topological polar surface area (TPSA) is 99.2 Å². The van der Waals surface area contributed by atoms with Gasteiger partial charge in [-0.15, -0.1) is 11.3 Å². The molecule has 0 saturated carbocycles. The number of esters is 1. The first kappa shape index (κ1) is 18.9. The Morgan fingerprint density at radius 1 is 1.31 bits per heavy atom. The summed E-state index contributed by atoms with van der Waals surface area (Å²) < 4.78 is 11.8. The van der Waals surface area contributed by atoms with Crippen LogP contribution in [0.2, 0.25) is 0 Å². The molecule has 4 heterocycles. The fourth-order valence-corrected chi connectivity index (χ4v) is 4.12. The van der Waals surface area contributed by atoms with Crippen LogP contribution in [0.25, 0.3) is 22.4 Å². The average Bonchev–Trinajstić information content (AvgIpc) is 3.42. The number of methoxy groups -OCH3 is 1. The molecule has 0 aromatic carbocycles. The number of hydrogen-bond acceptors (Lipinski definition) is 7. The van der Waals surface area contributed by atoms with Gasteiger partial charge in [0.15, 0.2) is 5.65 Å². The summed E-state index contributed by atoms with van der Waals surface area (Å²) in [4.78, 5) is 29.9. The number of nitrogens with zero attached hydrogens (tertiary/aromatic N) is 3. The second kappa shape index (κ2) is 7.51. The maximum atomic E-state index is 12.7. The van der Waals surface area contributed by atoms with Crippen LogP contribution in [0.15, 0.2) is 41.1 Å². The number of furan rings is 1. The Balaban J connectivity index is 1.63. The minimum absolute atomic E-state index is 0.0451. The van der Waals surface area contributed by atoms with Gasteiger partial charge in [-0.25, -0.2) is 14.5 Å². The number of nitrogens with one attached hydrogen (secondary N) is 1. The lowest BCUT2D eigenvalue weighted by Crippen LogP contribution is -2.20. The van der Waals surface area contributed by atoms with Gasteiger partial charge < -0.3 is 14.5 Å². The number of thiophene rings is 1. The Bertz CT molecular complexity index is 1210. The number of aryl methyl sites for hydroxylation is 2. The number of aromatic nitrogens is 3. The van der Waals surface area contributed by atoms with E-state index < -0.39 is 5.97 Å². The quantitative estimate of drug-likeness (QED) is 0.503. The fourth-order valence-electron chi connectivity index (χ4n) is 3.20. The molecule has 4 aromatic rings. The second-order valence-corrected chi connectivity index (χ2v) is 7.67. The molecule has 9 heteroatoms. The lowest BCUT2D eigenvalue weighted by Gasteiger charge is -2.06. The van der Waals surface area contributed by atoms with Crippen molar-refractivity contribution < 1.29 is 18.7 Å². The number of rotatable bonds is 5. The number of pyridine rings is 1. The van der Waals surface area contributed by atoms with Gasteiger partial charge in [0.05, 0.1) is 30.0 Å². The van der Waals surface area contributed by atoms with Crippen molar-refractivity contribution >= 4 is 39.2 Å². The van der Waals surface area contributed by atoms with Crippen molar-refractivity contribution in [3.63, 3.8) is 0 Å². The fraction of sp³-hybridized carbons (Fsp3) is 0.200. The summed E-state index contributed by atoms with van der Waals surface area (Å²) >= 11 is 1.32. The molecule has 0 aliphatic rings. The Labute approximate surface area is 170 Å². The first-order chi connectivity index (χ1) is 14.0. The highest BCUT2D eigenvalue weighted by Gasteiger charge is 2.20. The van der Waals surface area contributed by atoms with E-state index in [0.29, 0.717) is 22.0 Å². The minimum atomic E-state index is -0.491. The zero-order valence-corrected chi connectivity index (χ0v) is 16.9. The van der Waals surface area contributed by atoms with E-state index in [1.807, 2.05) is 32.0 Å². The first-order valence-electron chi connectivity index (χ1n) is 8.82. The van der Waals surface area contributed by atoms with Crippen molar-refractivity contribution in [1.82, 2.24) is 14.8 Å². The van der Waals surface area contributed by atoms with Gasteiger partial charge in [-0.3, -0.25) is 4.79 Å². The summed E-state index contributed by atoms with van der Waals surface area (Å²) in [7, 11) is 1.31. The maximum Gasteiger partial charge on any atom is 0.340 e. The third-order valence-corrected chi connectivity index (χ3v) is 5.37. The number of amides is 1. The highest BCUT2D eigenvalue weighted by Crippen LogP contribution is 2.31. The van der Waals surface area contributed by atoms with E-state index >= 15 is 0 Å². The van der Waals surface area contributed by atoms with E-state index in [1.165, 1.54) is 18.4 Å². The van der Waals surface area contributed by atoms with E-state index in [0.717, 1.165) is 21.5 Å². The third-order valence-electron chi connectivity index (χ3n) is 4.40. The van der Waals surface area contributed by atoms with E-state index in [-0.39, 0.29) is 12.5 Å². The molecule has 0 spiro atoms. The number of ether oxygens (including phenoxy) is 1. The summed E-state index contributed by atoms with van der Waals surface area (Å²) in [6.07, 6.45) is 3.27. The number of carbonyl (C=O) groups is 2. The molecule has 0 aliphatic heterocycles. The molecule has 0 fully saturated rings. The molecule has 0 radical (unpaired) electrons. The monoisotopic (exact) mass is 410 g/mol. The normalized spacial score (nSPS) is 11.0. The zero-order chi connectivity index (χ0) is 20.5. The Morgan fingerprint density at radius 2 is 2.14 bits per heavy atom. The molecule has 1 amide bonds. The summed E-state index contributed by atoms with van der Waals surface area (Å²) in [5.41, 5.74) is 2.53. The summed E-state index contributed by atoms with van der Waals surface area (Å²) in [6.45, 7) is 3.68. The maximum absolute atomic E-state index is 12.7. The molecule has 0 saturated heterocycles. The standard InChI is InChI=1S/C20H18N4O4S/c1-11-9-14(20(26)27-3)19(29-11)22-16(25)10-24-18-17(12(2)23-24)13(6-7-21-18)15-5-4-8-28-15/h4-9H,10H2,1-3H3,(H,22,25). The number of hydrogen-bond donors (Lipinski definition) is 1. The minimum Gasteiger partial charge on any atom is -0.465 e. The Morgan fingerprint density at radius 3 is 2.86 bits per heavy atom. The van der Waals surface area contributed by atoms with Gasteiger partial charge in [0.1, 0.15) is 17.3 Å². The van der Waals surface area contributed by atoms with E-state index in [2.05, 4.69) is 15.4 Å². The predicted molar refractivity (Wildman–Crippen MR) is 109 cm³/mol. The van der Waals surface area contributed by atoms with E-state index in [1.54, 1.807) is 23.2 Å². The molecule has 0 bridgehead atoms. The van der Waals surface area contributed by atoms with Gasteiger partial charge in [0.25, 0.3) is 0 Å². The average molecular weight is 410 g/mol. The molecule has 1 N–H and O–H groups in total. The van der Waals surface area contributed by atoms with Crippen LogP contribution in [-0.4, -0.2) is 33.8 Å². The summed E-state index contributed by atoms with van der Waals surface area (Å²) in [5.74, 6) is -0.0947. The molecule has 4 aromatic heterocycles. The lowest BCUT2D eigenvalue weighted by molar-refractivity contribution is -0.116. The van der Waals surface area contributed by atoms with Crippen LogP contribution in [0, 0.1) is 13.8 Å². The van der Waals surface area contributed by atoms with Crippen molar-refractivity contribution in [3.8, 4) is 11.3 Å². The van der Waals surface area contributed by atoms with Crippen molar-refractivity contribution in [2.24, 2.45) is 0 Å². The van der Waals surface area contributed by atoms with E-state index in [9.17, 15) is 9.59 Å². The van der Waals surface area contributed by atoms with Crippen molar-refractivity contribution in [2.45, 2.75) is 20.4 Å². The molecule has 0 aliphatic carbocycles. The van der Waals surface area contributed by atoms with Gasteiger partial charge in [0, 0.05) is 16.6 Å². The Kier molecular flexibility index (Phi) is 4.89. The third kappa shape index (κ3) is 3.52. The van der Waals surface area contributed by atoms with Crippen LogP contribution in [0.1, 0.15) is 20.9 Å². The van der Waals surface area contributed by atoms with Crippen molar-refractivity contribution in [2.75, 3.05) is 12.4 Å². The van der Waals surface area contributed by atoms with Crippen LogP contribution in [0.4, 0.5) is 5.00 Å². The highest BCUT2D eigenvalue weighted by atomic mass is 32.1. The van der Waals surface area contributed by atoms with Crippen molar-refractivity contribution in [1.29, 1.82) is 0 Å². The molecule has 8 nitrogen and oxygen atoms in total. The first-order valence-corrected chi connectivity index (χ1v) is 9.64. The van der Waals surface area contributed by atoms with Crippen LogP contribution in [-0.2, 0) is 16.1 Å². The van der Waals surface area contributed by atoms with Gasteiger partial charge in [0.2, 0.25) is 5.91 Å². The molecule has 148 valence electrons. The largest absolute Gasteiger partial charge is 0.465 e. The zero-order valence-electron chi connectivity index (χ0n) is 16.1. The smallest absolute Gasteiger partial charge is 0.340 e. The van der Waals surface area contributed by atoms with Crippen molar-refractivity contribution in [3.05, 3.63) is 52.9 Å². The molecular formula is C20H18N4O4S. The van der Waals surface area contributed by atoms with Gasteiger partial charge in [-0.2, -0.15) is 5.10 Å². The van der Waals surface area contributed by atoms with Crippen LogP contribution in [0.3, 0.4) is 0 Å². The van der Waals surface area contributed by atoms with Gasteiger partial charge >= 0.3 is 5.97 Å². The summed E-state index contributed by atoms with van der Waals surface area (Å²) in [5, 5.41) is 8.55. The predicted octanol–water partition coefficient (Wildman–Crippen LogP) is 3.79. The van der Waals surface area contributed by atoms with Gasteiger partial charge in [-0.05, 0) is 38.1 Å². The lowest BCUT2D eigenvalue weighted by atomic mass is 10.1. The highest BCUT2D eigenvalue weighted by molar-refractivity contribution is 7.16. The van der Waals surface area contributed by atoms with Crippen LogP contribution >= 0.6 is 11.3 Å². The summed E-state index contributed by atoms with van der Waals surface area (Å²) in [6, 6.07) is 7.23. The molecule has 0 unspecified atom stereocenters. The molecule has 0 atom stereocenters. The Hall–Kier alpha value is -3.46. The number of fused-ring (bicyclic) bond motifs is 1. The van der Waals surface area contributed by atoms with E-state index in [4.69, 9.17) is 9.15 Å². The number of anilines is 1. The molecule has 4 rings (SSSR count). The SMILES string of the molecule is COC(=O)c1cc(C)sc1NC(=O)Cn1nc(C)c2c(-c3ccco3)ccnc21. The number of carbonyl (C=O) groups excluding carboxylic acids is 2. The molecule has 29 heavy (non-hydrogen) atoms. The molecular weight excluding hydrogens is 392 g/mol. The van der Waals surface area contributed by atoms with Gasteiger partial charge in [-0.1, -0.05) is 0 Å². The second-order valence-electron chi connectivity index (χ2n) is 6.42. The van der Waals surface area contributed by atoms with Crippen LogP contribution < -0.4 is 5.32 Å².